The Morgan fingerprint density at radius 1 is 0.795 bits per heavy atom. The van der Waals surface area contributed by atoms with Gasteiger partial charge in [-0.15, -0.1) is 0 Å². The number of aromatic nitrogens is 1. The van der Waals surface area contributed by atoms with E-state index in [1.54, 1.807) is 42.5 Å². The van der Waals surface area contributed by atoms with Crippen molar-refractivity contribution in [2.45, 2.75) is 16.5 Å². The molecule has 0 spiro atoms. The van der Waals surface area contributed by atoms with Crippen LogP contribution in [-0.2, 0) is 26.6 Å². The van der Waals surface area contributed by atoms with Gasteiger partial charge in [0.05, 0.1) is 0 Å². The summed E-state index contributed by atoms with van der Waals surface area (Å²) in [6, 6.07) is 24.0. The maximum atomic E-state index is 14.9. The van der Waals surface area contributed by atoms with Crippen LogP contribution in [0.2, 0.25) is 0 Å². The molecule has 0 bridgehead atoms. The Balaban J connectivity index is 1.52. The third-order valence-electron chi connectivity index (χ3n) is 6.15. The molecule has 0 saturated carbocycles. The number of sulfonamides is 1. The van der Waals surface area contributed by atoms with Crippen molar-refractivity contribution in [2.24, 2.45) is 0 Å². The van der Waals surface area contributed by atoms with Gasteiger partial charge in [0.25, 0.3) is 0 Å². The van der Waals surface area contributed by atoms with Crippen LogP contribution < -0.4 is 25.9 Å². The van der Waals surface area contributed by atoms with Crippen LogP contribution in [0, 0.1) is 15.2 Å². The number of hydrogen-bond donors (Lipinski definition) is 1. The molecule has 11 heteroatoms. The number of rotatable bonds is 8. The Morgan fingerprint density at radius 3 is 2.15 bits per heavy atom. The summed E-state index contributed by atoms with van der Waals surface area (Å²) in [4.78, 5) is 1.99. The number of halogens is 3. The zero-order chi connectivity index (χ0) is 27.8. The van der Waals surface area contributed by atoms with Crippen molar-refractivity contribution < 1.29 is 46.8 Å². The molecule has 5 rings (SSSR count). The van der Waals surface area contributed by atoms with Gasteiger partial charge in [-0.1, -0.05) is 12.1 Å². The van der Waals surface area contributed by atoms with Gasteiger partial charge in [-0.25, -0.2) is 4.39 Å². The third kappa shape index (κ3) is 5.49. The Morgan fingerprint density at radius 2 is 1.49 bits per heavy atom. The van der Waals surface area contributed by atoms with Crippen molar-refractivity contribution in [1.82, 2.24) is 8.69 Å². The minimum absolute atomic E-state index is 0.0617. The molecule has 0 saturated heterocycles. The quantitative estimate of drug-likeness (QED) is 0.202. The maximum absolute atomic E-state index is 14.9. The van der Waals surface area contributed by atoms with Gasteiger partial charge in [0.1, 0.15) is 5.82 Å². The van der Waals surface area contributed by atoms with E-state index in [0.717, 1.165) is 7.54 Å². The fourth-order valence-electron chi connectivity index (χ4n) is 4.15. The topological polar surface area (TPSA) is 85.2 Å². The van der Waals surface area contributed by atoms with E-state index in [0.29, 0.717) is 16.5 Å². The van der Waals surface area contributed by atoms with Gasteiger partial charge < -0.3 is 0 Å². The normalized spacial score (nSPS) is 12.3. The number of nitrogens with one attached hydrogen (secondary N) is 1. The molecule has 0 aliphatic rings. The standard InChI is InChI=1S/C28H22F2IN2O4S2/c1-31-24-13-14-27-22(15-24)17-28(33(27)39(36,37)25-5-3-2-4-6-25)38(34,35)32-18-21-8-7-20(16-26(21)30)19-9-11-23(29)12-10-19/h2-17,32H,18H2,1H3/q-1. The number of alkyl halides is 1. The summed E-state index contributed by atoms with van der Waals surface area (Å²) in [7, 11) is -8.69. The van der Waals surface area contributed by atoms with Crippen molar-refractivity contribution in [3.63, 3.8) is 0 Å². The van der Waals surface area contributed by atoms with E-state index in [4.69, 9.17) is 0 Å². The van der Waals surface area contributed by atoms with E-state index >= 15 is 0 Å². The van der Waals surface area contributed by atoms with E-state index in [1.165, 1.54) is 54.6 Å². The summed E-state index contributed by atoms with van der Waals surface area (Å²) in [5.41, 5.74) is 1.40. The zero-order valence-corrected chi connectivity index (χ0v) is 24.3. The summed E-state index contributed by atoms with van der Waals surface area (Å²) in [5, 5.41) is 0.0138. The summed E-state index contributed by atoms with van der Waals surface area (Å²) in [6.07, 6.45) is 0. The average Bonchev–Trinajstić information content (AvgIpc) is 3.34. The van der Waals surface area contributed by atoms with Crippen LogP contribution >= 0.6 is 0 Å². The number of hydrogen-bond acceptors (Lipinski definition) is 4. The van der Waals surface area contributed by atoms with Crippen molar-refractivity contribution in [3.05, 3.63) is 118 Å². The molecule has 0 atom stereocenters. The fourth-order valence-corrected chi connectivity index (χ4v) is 8.44. The molecule has 5 aromatic rings. The van der Waals surface area contributed by atoms with E-state index < -0.39 is 43.3 Å². The van der Waals surface area contributed by atoms with Crippen LogP contribution in [-0.4, -0.2) is 25.7 Å². The van der Waals surface area contributed by atoms with Gasteiger partial charge in [0.15, 0.2) is 0 Å². The molecule has 0 aliphatic carbocycles. The third-order valence-corrected chi connectivity index (χ3v) is 11.3. The summed E-state index contributed by atoms with van der Waals surface area (Å²) in [5.74, 6) is -1.07. The molecule has 1 N–H and O–H groups in total. The van der Waals surface area contributed by atoms with E-state index in [-0.39, 0.29) is 37.2 Å². The second-order valence-electron chi connectivity index (χ2n) is 8.59. The zero-order valence-electron chi connectivity index (χ0n) is 20.5. The second kappa shape index (κ2) is 10.8. The predicted octanol–water partition coefficient (Wildman–Crippen LogP) is 2.19. The molecule has 4 aromatic carbocycles. The van der Waals surface area contributed by atoms with Gasteiger partial charge in [-0.3, -0.25) is 0 Å². The summed E-state index contributed by atoms with van der Waals surface area (Å²) < 4.78 is 86.7. The molecule has 39 heavy (non-hydrogen) atoms. The Hall–Kier alpha value is -3.13. The molecule has 1 aromatic heterocycles. The van der Waals surface area contributed by atoms with Crippen molar-refractivity contribution in [3.8, 4) is 11.1 Å². The van der Waals surface area contributed by atoms with Gasteiger partial charge in [0, 0.05) is 0 Å². The van der Waals surface area contributed by atoms with E-state index in [1.807, 2.05) is 4.93 Å². The van der Waals surface area contributed by atoms with Gasteiger partial charge in [-0.05, 0) is 17.7 Å². The van der Waals surface area contributed by atoms with Crippen molar-refractivity contribution in [1.29, 1.82) is 0 Å². The Bertz CT molecular complexity index is 1890. The summed E-state index contributed by atoms with van der Waals surface area (Å²) in [6.45, 7) is -0.406. The minimum atomic E-state index is -4.41. The molecule has 0 unspecified atom stereocenters. The first-order valence-corrected chi connectivity index (χ1v) is 17.8. The van der Waals surface area contributed by atoms with Gasteiger partial charge in [0.2, 0.25) is 0 Å². The van der Waals surface area contributed by atoms with Crippen LogP contribution in [0.4, 0.5) is 8.78 Å². The molecule has 0 amide bonds. The van der Waals surface area contributed by atoms with Gasteiger partial charge in [-0.2, -0.15) is 0 Å². The fraction of sp³-hybridized carbons (Fsp3) is 0.0714. The summed E-state index contributed by atoms with van der Waals surface area (Å²) >= 11 is -0.316. The average molecular weight is 680 g/mol. The molecule has 6 nitrogen and oxygen atoms in total. The SMILES string of the molecule is C[I-]c1ccc2c(c1)cc(S(=O)(=O)NCc1ccc(-c3ccc(F)cc3)cc1F)n2S(=O)(=O)c1ccccc1. The van der Waals surface area contributed by atoms with Crippen molar-refractivity contribution in [2.75, 3.05) is 4.93 Å². The first-order chi connectivity index (χ1) is 18.6. The molecular weight excluding hydrogens is 657 g/mol. The molecule has 202 valence electrons. The van der Waals surface area contributed by atoms with Crippen LogP contribution in [0.1, 0.15) is 5.56 Å². The second-order valence-corrected chi connectivity index (χ2v) is 14.4. The van der Waals surface area contributed by atoms with Crippen LogP contribution in [0.5, 0.6) is 0 Å². The van der Waals surface area contributed by atoms with Crippen LogP contribution in [0.3, 0.4) is 0 Å². The molecule has 0 radical (unpaired) electrons. The number of fused-ring (bicyclic) bond motifs is 1. The van der Waals surface area contributed by atoms with Gasteiger partial charge >= 0.3 is 197 Å². The van der Waals surface area contributed by atoms with E-state index in [2.05, 4.69) is 4.72 Å². The van der Waals surface area contributed by atoms with Crippen LogP contribution in [0.15, 0.2) is 107 Å². The molecule has 0 fully saturated rings. The Kier molecular flexibility index (Phi) is 7.60. The number of nitrogens with zero attached hydrogens (tertiary/aromatic N) is 1. The molecule has 0 aliphatic heterocycles. The Labute approximate surface area is 235 Å². The molecule has 1 heterocycles. The van der Waals surface area contributed by atoms with Crippen molar-refractivity contribution >= 4 is 30.9 Å². The first-order valence-electron chi connectivity index (χ1n) is 11.6. The monoisotopic (exact) mass is 679 g/mol. The number of benzene rings is 4. The molecular formula is C28H22F2IN2O4S2-. The van der Waals surface area contributed by atoms with E-state index in [9.17, 15) is 25.6 Å². The first kappa shape index (κ1) is 27.4. The van der Waals surface area contributed by atoms with Crippen LogP contribution in [0.25, 0.3) is 22.0 Å². The predicted molar refractivity (Wildman–Crippen MR) is 141 cm³/mol.